The molecule has 0 bridgehead atoms. The Labute approximate surface area is 182 Å². The van der Waals surface area contributed by atoms with E-state index in [0.29, 0.717) is 5.75 Å². The highest BCUT2D eigenvalue weighted by Crippen LogP contribution is 2.49. The van der Waals surface area contributed by atoms with Crippen molar-refractivity contribution in [2.75, 3.05) is 5.75 Å². The van der Waals surface area contributed by atoms with Crippen molar-refractivity contribution in [1.29, 1.82) is 0 Å². The molecule has 0 aromatic heterocycles. The number of amides is 1. The fourth-order valence-electron chi connectivity index (χ4n) is 3.40. The Morgan fingerprint density at radius 2 is 1.64 bits per heavy atom. The van der Waals surface area contributed by atoms with E-state index in [1.807, 2.05) is 31.2 Å². The van der Waals surface area contributed by atoms with Crippen molar-refractivity contribution in [1.82, 2.24) is 5.43 Å². The van der Waals surface area contributed by atoms with Gasteiger partial charge in [-0.3, -0.25) is 4.79 Å². The summed E-state index contributed by atoms with van der Waals surface area (Å²) in [4.78, 5) is 12.4. The summed E-state index contributed by atoms with van der Waals surface area (Å²) in [5.41, 5.74) is 9.60. The molecule has 0 fully saturated rings. The third kappa shape index (κ3) is 4.00. The summed E-state index contributed by atoms with van der Waals surface area (Å²) >= 11 is 3.92. The van der Waals surface area contributed by atoms with Gasteiger partial charge in [0.25, 0.3) is 0 Å². The molecule has 3 nitrogen and oxygen atoms in total. The Hall–Kier alpha value is -2.12. The van der Waals surface area contributed by atoms with Crippen LogP contribution in [0.2, 0.25) is 0 Å². The van der Waals surface area contributed by atoms with Crippen molar-refractivity contribution >= 4 is 46.0 Å². The van der Waals surface area contributed by atoms with E-state index < -0.39 is 0 Å². The van der Waals surface area contributed by atoms with Gasteiger partial charge in [-0.25, -0.2) is 5.43 Å². The normalized spacial score (nSPS) is 13.1. The second-order valence-electron chi connectivity index (χ2n) is 6.61. The third-order valence-corrected chi connectivity index (χ3v) is 6.69. The smallest absolute Gasteiger partial charge is 0.250 e. The number of hydrazone groups is 1. The van der Waals surface area contributed by atoms with Crippen molar-refractivity contribution in [2.24, 2.45) is 5.10 Å². The van der Waals surface area contributed by atoms with Crippen LogP contribution in [0.5, 0.6) is 0 Å². The van der Waals surface area contributed by atoms with Crippen LogP contribution in [0.25, 0.3) is 11.1 Å². The lowest BCUT2D eigenvalue weighted by Crippen LogP contribution is -2.21. The summed E-state index contributed by atoms with van der Waals surface area (Å²) in [6.07, 6.45) is 0. The van der Waals surface area contributed by atoms with Crippen molar-refractivity contribution < 1.29 is 4.79 Å². The first-order chi connectivity index (χ1) is 13.6. The number of hydrogen-bond acceptors (Lipinski definition) is 3. The zero-order valence-corrected chi connectivity index (χ0v) is 18.3. The third-order valence-electron chi connectivity index (χ3n) is 4.75. The van der Waals surface area contributed by atoms with Crippen LogP contribution in [0.15, 0.2) is 77.9 Å². The zero-order chi connectivity index (χ0) is 19.5. The molecular formula is C23H19IN2OS. The van der Waals surface area contributed by atoms with Crippen molar-refractivity contribution in [3.8, 4) is 11.1 Å². The molecular weight excluding hydrogens is 479 g/mol. The van der Waals surface area contributed by atoms with Crippen molar-refractivity contribution in [3.63, 3.8) is 0 Å². The summed E-state index contributed by atoms with van der Waals surface area (Å²) in [5, 5.41) is 4.45. The number of fused-ring (bicyclic) bond motifs is 3. The lowest BCUT2D eigenvalue weighted by atomic mass is 10.1. The van der Waals surface area contributed by atoms with Crippen LogP contribution in [-0.4, -0.2) is 17.4 Å². The van der Waals surface area contributed by atoms with E-state index in [-0.39, 0.29) is 11.2 Å². The molecule has 0 unspecified atom stereocenters. The molecule has 1 amide bonds. The van der Waals surface area contributed by atoms with Crippen LogP contribution in [-0.2, 0) is 4.79 Å². The van der Waals surface area contributed by atoms with Gasteiger partial charge in [0, 0.05) is 3.57 Å². The molecule has 0 heterocycles. The highest BCUT2D eigenvalue weighted by Gasteiger charge is 2.28. The number of rotatable bonds is 5. The predicted molar refractivity (Wildman–Crippen MR) is 126 cm³/mol. The molecule has 0 spiro atoms. The van der Waals surface area contributed by atoms with Gasteiger partial charge in [-0.05, 0) is 69.5 Å². The molecule has 28 heavy (non-hydrogen) atoms. The van der Waals surface area contributed by atoms with E-state index in [2.05, 4.69) is 81.6 Å². The first-order valence-electron chi connectivity index (χ1n) is 9.02. The molecule has 3 aromatic rings. The van der Waals surface area contributed by atoms with Crippen LogP contribution in [0.1, 0.15) is 28.9 Å². The summed E-state index contributed by atoms with van der Waals surface area (Å²) in [7, 11) is 0. The number of carbonyl (C=O) groups excluding carboxylic acids is 1. The minimum Gasteiger partial charge on any atom is -0.272 e. The number of thioether (sulfide) groups is 1. The van der Waals surface area contributed by atoms with Gasteiger partial charge in [-0.15, -0.1) is 11.8 Å². The lowest BCUT2D eigenvalue weighted by molar-refractivity contribution is -0.118. The zero-order valence-electron chi connectivity index (χ0n) is 15.4. The Kier molecular flexibility index (Phi) is 5.82. The van der Waals surface area contributed by atoms with Crippen LogP contribution < -0.4 is 5.43 Å². The molecule has 0 aliphatic heterocycles. The number of carbonyl (C=O) groups is 1. The first-order valence-corrected chi connectivity index (χ1v) is 11.1. The van der Waals surface area contributed by atoms with E-state index in [9.17, 15) is 4.79 Å². The van der Waals surface area contributed by atoms with Crippen molar-refractivity contribution in [3.05, 3.63) is 93.1 Å². The lowest BCUT2D eigenvalue weighted by Gasteiger charge is -2.12. The van der Waals surface area contributed by atoms with Gasteiger partial charge in [0.15, 0.2) is 0 Å². The molecule has 0 atom stereocenters. The van der Waals surface area contributed by atoms with Gasteiger partial charge in [-0.1, -0.05) is 60.7 Å². The second-order valence-corrected chi connectivity index (χ2v) is 8.95. The molecule has 3 aromatic carbocycles. The predicted octanol–water partition coefficient (Wildman–Crippen LogP) is 5.63. The van der Waals surface area contributed by atoms with Gasteiger partial charge in [0.05, 0.1) is 16.7 Å². The second kappa shape index (κ2) is 8.49. The minimum absolute atomic E-state index is 0.0863. The highest BCUT2D eigenvalue weighted by atomic mass is 127. The molecule has 0 saturated carbocycles. The Bertz CT molecular complexity index is 1020. The Balaban J connectivity index is 1.43. The molecule has 1 aliphatic carbocycles. The standard InChI is InChI=1S/C23H19IN2OS/c1-15(16-7-6-8-17(24)13-16)25-26-22(27)14-28-23-20-11-4-2-9-18(20)19-10-3-5-12-21(19)23/h2-13,23H,14H2,1H3,(H,26,27)/b25-15+. The number of halogens is 1. The van der Waals surface area contributed by atoms with Crippen LogP contribution in [0.4, 0.5) is 0 Å². The molecule has 0 radical (unpaired) electrons. The largest absolute Gasteiger partial charge is 0.272 e. The summed E-state index contributed by atoms with van der Waals surface area (Å²) in [5.74, 6) is 0.271. The van der Waals surface area contributed by atoms with Gasteiger partial charge >= 0.3 is 0 Å². The maximum absolute atomic E-state index is 12.4. The Morgan fingerprint density at radius 3 is 2.29 bits per heavy atom. The van der Waals surface area contributed by atoms with E-state index in [0.717, 1.165) is 14.8 Å². The average molecular weight is 498 g/mol. The van der Waals surface area contributed by atoms with Crippen LogP contribution in [0.3, 0.4) is 0 Å². The van der Waals surface area contributed by atoms with Gasteiger partial charge in [-0.2, -0.15) is 5.10 Å². The van der Waals surface area contributed by atoms with Crippen LogP contribution >= 0.6 is 34.4 Å². The van der Waals surface area contributed by atoms with E-state index >= 15 is 0 Å². The van der Waals surface area contributed by atoms with E-state index in [1.54, 1.807) is 11.8 Å². The highest BCUT2D eigenvalue weighted by molar-refractivity contribution is 14.1. The van der Waals surface area contributed by atoms with Gasteiger partial charge in [0.2, 0.25) is 5.91 Å². The van der Waals surface area contributed by atoms with Crippen molar-refractivity contribution in [2.45, 2.75) is 12.2 Å². The molecule has 1 aliphatic rings. The van der Waals surface area contributed by atoms with E-state index in [1.165, 1.54) is 22.3 Å². The minimum atomic E-state index is -0.0863. The fraction of sp³-hybridized carbons (Fsp3) is 0.130. The average Bonchev–Trinajstić information content (AvgIpc) is 3.04. The molecule has 1 N–H and O–H groups in total. The maximum atomic E-state index is 12.4. The monoisotopic (exact) mass is 498 g/mol. The first kappa shape index (κ1) is 19.2. The quantitative estimate of drug-likeness (QED) is 0.281. The number of nitrogens with zero attached hydrogens (tertiary/aromatic N) is 1. The van der Waals surface area contributed by atoms with Gasteiger partial charge in [0.1, 0.15) is 0 Å². The van der Waals surface area contributed by atoms with Gasteiger partial charge < -0.3 is 0 Å². The topological polar surface area (TPSA) is 41.5 Å². The Morgan fingerprint density at radius 1 is 1.00 bits per heavy atom. The molecule has 4 rings (SSSR count). The fourth-order valence-corrected chi connectivity index (χ4v) is 5.10. The summed E-state index contributed by atoms with van der Waals surface area (Å²) < 4.78 is 1.14. The van der Waals surface area contributed by atoms with Crippen LogP contribution in [0, 0.1) is 3.57 Å². The number of nitrogens with one attached hydrogen (secondary N) is 1. The number of hydrogen-bond donors (Lipinski definition) is 1. The molecule has 140 valence electrons. The SMILES string of the molecule is C/C(=N\NC(=O)CSC1c2ccccc2-c2ccccc21)c1cccc(I)c1. The summed E-state index contributed by atoms with van der Waals surface area (Å²) in [6.45, 7) is 1.91. The summed E-state index contributed by atoms with van der Waals surface area (Å²) in [6, 6.07) is 24.9. The molecule has 5 heteroatoms. The van der Waals surface area contributed by atoms with E-state index in [4.69, 9.17) is 0 Å². The maximum Gasteiger partial charge on any atom is 0.250 e. The number of benzene rings is 3. The molecule has 0 saturated heterocycles.